The molecule has 0 saturated heterocycles. The van der Waals surface area contributed by atoms with Gasteiger partial charge in [-0.15, -0.1) is 10.2 Å². The normalized spacial score (nSPS) is 11.9. The van der Waals surface area contributed by atoms with Crippen molar-refractivity contribution in [1.82, 2.24) is 4.98 Å². The Bertz CT molecular complexity index is 1510. The minimum Gasteiger partial charge on any atom is -0.493 e. The van der Waals surface area contributed by atoms with Crippen molar-refractivity contribution in [1.29, 1.82) is 0 Å². The summed E-state index contributed by atoms with van der Waals surface area (Å²) < 4.78 is 26.2. The molecule has 0 aliphatic rings. The van der Waals surface area contributed by atoms with Gasteiger partial charge in [0.05, 0.1) is 24.0 Å². The lowest BCUT2D eigenvalue weighted by Crippen LogP contribution is -2.29. The average Bonchev–Trinajstić information content (AvgIpc) is 3.12. The Hall–Kier alpha value is -3.98. The van der Waals surface area contributed by atoms with E-state index in [9.17, 15) is 18.3 Å². The molecule has 174 valence electrons. The van der Waals surface area contributed by atoms with Crippen LogP contribution in [0.1, 0.15) is 27.0 Å². The second-order valence-electron chi connectivity index (χ2n) is 8.11. The Morgan fingerprint density at radius 2 is 1.71 bits per heavy atom. The maximum atomic E-state index is 12.5. The molecule has 2 N–H and O–H groups in total. The quantitative estimate of drug-likeness (QED) is 0.363. The Morgan fingerprint density at radius 1 is 1.00 bits per heavy atom. The molecule has 1 amide bonds. The predicted octanol–water partition coefficient (Wildman–Crippen LogP) is 5.38. The number of anilines is 1. The first-order valence-corrected chi connectivity index (χ1v) is 12.4. The van der Waals surface area contributed by atoms with Crippen LogP contribution >= 0.6 is 0 Å². The maximum absolute atomic E-state index is 12.5. The molecule has 0 bridgehead atoms. The standard InChI is InChI=1S/C25H24N4O4S/c1-16-8-13-20(14-17(16)2)29(34(3,32)33)15-18-9-11-19(12-10-18)24(30)28-27-23-21-6-4-5-7-22(21)26-25(23)31/h4-14,26,31H,15H2,1-3H3. The zero-order valence-electron chi connectivity index (χ0n) is 19.0. The number of rotatable bonds is 6. The number of aromatic hydroxyl groups is 1. The number of aromatic amines is 1. The summed E-state index contributed by atoms with van der Waals surface area (Å²) in [5.74, 6) is -0.745. The fourth-order valence-electron chi connectivity index (χ4n) is 3.57. The van der Waals surface area contributed by atoms with Crippen molar-refractivity contribution in [3.8, 4) is 5.88 Å². The molecule has 0 saturated carbocycles. The topological polar surface area (TPSA) is 115 Å². The number of azo groups is 1. The summed E-state index contributed by atoms with van der Waals surface area (Å²) >= 11 is 0. The van der Waals surface area contributed by atoms with Crippen LogP contribution in [0.25, 0.3) is 10.9 Å². The van der Waals surface area contributed by atoms with Gasteiger partial charge in [0.2, 0.25) is 15.9 Å². The number of carbonyl (C=O) groups excluding carboxylic acids is 1. The number of fused-ring (bicyclic) bond motifs is 1. The van der Waals surface area contributed by atoms with Crippen LogP contribution in [-0.4, -0.2) is 30.7 Å². The van der Waals surface area contributed by atoms with Crippen molar-refractivity contribution < 1.29 is 18.3 Å². The number of benzene rings is 3. The molecule has 1 aromatic heterocycles. The van der Waals surface area contributed by atoms with E-state index in [0.717, 1.165) is 11.1 Å². The summed E-state index contributed by atoms with van der Waals surface area (Å²) in [7, 11) is -3.52. The zero-order chi connectivity index (χ0) is 24.5. The number of nitrogens with one attached hydrogen (secondary N) is 1. The molecular formula is C25H24N4O4S. The molecule has 4 aromatic rings. The third-order valence-electron chi connectivity index (χ3n) is 5.61. The van der Waals surface area contributed by atoms with E-state index in [1.54, 1.807) is 48.5 Å². The number of nitrogens with zero attached hydrogens (tertiary/aromatic N) is 3. The largest absolute Gasteiger partial charge is 0.493 e. The lowest BCUT2D eigenvalue weighted by Gasteiger charge is -2.23. The van der Waals surface area contributed by atoms with E-state index in [4.69, 9.17) is 0 Å². The van der Waals surface area contributed by atoms with E-state index in [2.05, 4.69) is 15.2 Å². The SMILES string of the molecule is Cc1ccc(N(Cc2ccc(C(=O)N=Nc3c(O)[nH]c4ccccc34)cc2)S(C)(=O)=O)cc1C. The van der Waals surface area contributed by atoms with Gasteiger partial charge in [-0.25, -0.2) is 8.42 Å². The molecule has 8 nitrogen and oxygen atoms in total. The Kier molecular flexibility index (Phi) is 6.21. The number of amides is 1. The summed E-state index contributed by atoms with van der Waals surface area (Å²) in [6.07, 6.45) is 1.17. The highest BCUT2D eigenvalue weighted by atomic mass is 32.2. The molecule has 0 radical (unpaired) electrons. The van der Waals surface area contributed by atoms with E-state index < -0.39 is 15.9 Å². The average molecular weight is 477 g/mol. The van der Waals surface area contributed by atoms with Crippen molar-refractivity contribution in [2.45, 2.75) is 20.4 Å². The number of para-hydroxylation sites is 1. The molecular weight excluding hydrogens is 452 g/mol. The van der Waals surface area contributed by atoms with Gasteiger partial charge in [-0.1, -0.05) is 36.4 Å². The third-order valence-corrected chi connectivity index (χ3v) is 6.75. The van der Waals surface area contributed by atoms with Crippen LogP contribution in [-0.2, 0) is 16.6 Å². The minimum absolute atomic E-state index is 0.126. The van der Waals surface area contributed by atoms with Gasteiger partial charge in [0.15, 0.2) is 5.69 Å². The summed E-state index contributed by atoms with van der Waals surface area (Å²) in [6.45, 7) is 4.03. The first-order valence-electron chi connectivity index (χ1n) is 10.5. The number of carbonyl (C=O) groups is 1. The van der Waals surface area contributed by atoms with Crippen LogP contribution in [0.15, 0.2) is 77.0 Å². The van der Waals surface area contributed by atoms with Crippen molar-refractivity contribution in [3.05, 3.63) is 89.0 Å². The van der Waals surface area contributed by atoms with E-state index >= 15 is 0 Å². The summed E-state index contributed by atoms with van der Waals surface area (Å²) in [5, 5.41) is 18.4. The van der Waals surface area contributed by atoms with E-state index in [0.29, 0.717) is 27.7 Å². The zero-order valence-corrected chi connectivity index (χ0v) is 19.8. The van der Waals surface area contributed by atoms with Crippen molar-refractivity contribution >= 4 is 38.2 Å². The molecule has 34 heavy (non-hydrogen) atoms. The molecule has 0 aliphatic carbocycles. The Morgan fingerprint density at radius 3 is 2.38 bits per heavy atom. The van der Waals surface area contributed by atoms with Gasteiger partial charge in [-0.3, -0.25) is 9.10 Å². The molecule has 1 heterocycles. The fraction of sp³-hybridized carbons (Fsp3) is 0.160. The smallest absolute Gasteiger partial charge is 0.295 e. The molecule has 9 heteroatoms. The minimum atomic E-state index is -3.52. The molecule has 0 spiro atoms. The fourth-order valence-corrected chi connectivity index (χ4v) is 4.45. The first-order chi connectivity index (χ1) is 16.1. The van der Waals surface area contributed by atoms with Gasteiger partial charge in [0, 0.05) is 10.9 Å². The number of hydrogen-bond acceptors (Lipinski definition) is 5. The molecule has 0 fully saturated rings. The van der Waals surface area contributed by atoms with Crippen LogP contribution in [0, 0.1) is 13.8 Å². The van der Waals surface area contributed by atoms with Crippen LogP contribution in [0.4, 0.5) is 11.4 Å². The highest BCUT2D eigenvalue weighted by Gasteiger charge is 2.19. The molecule has 0 aliphatic heterocycles. The monoisotopic (exact) mass is 476 g/mol. The molecule has 0 atom stereocenters. The van der Waals surface area contributed by atoms with Gasteiger partial charge in [-0.2, -0.15) is 0 Å². The van der Waals surface area contributed by atoms with Crippen LogP contribution < -0.4 is 4.31 Å². The summed E-state index contributed by atoms with van der Waals surface area (Å²) in [6, 6.07) is 19.2. The van der Waals surface area contributed by atoms with Crippen LogP contribution in [0.3, 0.4) is 0 Å². The first kappa shape index (κ1) is 23.2. The molecule has 3 aromatic carbocycles. The van der Waals surface area contributed by atoms with Gasteiger partial charge in [0.1, 0.15) is 0 Å². The number of sulfonamides is 1. The third kappa shape index (κ3) is 4.84. The van der Waals surface area contributed by atoms with Gasteiger partial charge >= 0.3 is 0 Å². The predicted molar refractivity (Wildman–Crippen MR) is 132 cm³/mol. The van der Waals surface area contributed by atoms with E-state index in [-0.39, 0.29) is 18.1 Å². The lowest BCUT2D eigenvalue weighted by molar-refractivity contribution is 0.0995. The van der Waals surface area contributed by atoms with Crippen LogP contribution in [0.5, 0.6) is 5.88 Å². The maximum Gasteiger partial charge on any atom is 0.295 e. The van der Waals surface area contributed by atoms with Crippen molar-refractivity contribution in [2.24, 2.45) is 10.2 Å². The van der Waals surface area contributed by atoms with Gasteiger partial charge < -0.3 is 10.1 Å². The second-order valence-corrected chi connectivity index (χ2v) is 10.0. The van der Waals surface area contributed by atoms with Crippen molar-refractivity contribution in [3.63, 3.8) is 0 Å². The molecule has 0 unspecified atom stereocenters. The summed E-state index contributed by atoms with van der Waals surface area (Å²) in [5.41, 5.74) is 4.55. The van der Waals surface area contributed by atoms with Crippen LogP contribution in [0.2, 0.25) is 0 Å². The Labute approximate surface area is 197 Å². The molecule has 4 rings (SSSR count). The number of H-pyrrole nitrogens is 1. The lowest BCUT2D eigenvalue weighted by atomic mass is 10.1. The number of aromatic nitrogens is 1. The van der Waals surface area contributed by atoms with Gasteiger partial charge in [0.25, 0.3) is 5.91 Å². The van der Waals surface area contributed by atoms with Gasteiger partial charge in [-0.05, 0) is 60.9 Å². The van der Waals surface area contributed by atoms with E-state index in [1.807, 2.05) is 32.0 Å². The van der Waals surface area contributed by atoms with Crippen molar-refractivity contribution in [2.75, 3.05) is 10.6 Å². The highest BCUT2D eigenvalue weighted by Crippen LogP contribution is 2.35. The summed E-state index contributed by atoms with van der Waals surface area (Å²) in [4.78, 5) is 15.3. The number of hydrogen-bond donors (Lipinski definition) is 2. The highest BCUT2D eigenvalue weighted by molar-refractivity contribution is 7.92. The second kappa shape index (κ2) is 9.11. The Balaban J connectivity index is 1.53. The number of aryl methyl sites for hydroxylation is 2. The van der Waals surface area contributed by atoms with E-state index in [1.165, 1.54) is 10.6 Å².